The fraction of sp³-hybridized carbons (Fsp3) is 0.647. The van der Waals surface area contributed by atoms with Crippen molar-refractivity contribution in [3.8, 4) is 0 Å². The number of piperazine rings is 1. The molecule has 0 aromatic heterocycles. The maximum atomic E-state index is 3.51. The van der Waals surface area contributed by atoms with Crippen molar-refractivity contribution in [1.82, 2.24) is 4.90 Å². The third kappa shape index (κ3) is 2.28. The highest BCUT2D eigenvalue weighted by atomic mass is 15.3. The van der Waals surface area contributed by atoms with Gasteiger partial charge in [0.1, 0.15) is 0 Å². The molecule has 1 aromatic rings. The second kappa shape index (κ2) is 5.28. The van der Waals surface area contributed by atoms with Crippen molar-refractivity contribution in [2.24, 2.45) is 0 Å². The molecule has 3 nitrogen and oxygen atoms in total. The molecule has 1 unspecified atom stereocenters. The van der Waals surface area contributed by atoms with Gasteiger partial charge in [-0.05, 0) is 56.0 Å². The maximum Gasteiger partial charge on any atom is 0.0374 e. The molecule has 1 N–H and O–H groups in total. The lowest BCUT2D eigenvalue weighted by Crippen LogP contribution is -2.54. The molecule has 3 heterocycles. The number of anilines is 2. The van der Waals surface area contributed by atoms with Crippen LogP contribution in [0.5, 0.6) is 0 Å². The van der Waals surface area contributed by atoms with E-state index in [4.69, 9.17) is 0 Å². The zero-order valence-corrected chi connectivity index (χ0v) is 12.3. The number of rotatable bonds is 1. The Morgan fingerprint density at radius 1 is 1.05 bits per heavy atom. The van der Waals surface area contributed by atoms with Crippen molar-refractivity contribution in [1.29, 1.82) is 0 Å². The van der Waals surface area contributed by atoms with Gasteiger partial charge < -0.3 is 10.2 Å². The summed E-state index contributed by atoms with van der Waals surface area (Å²) in [7, 11) is 0. The molecule has 3 aliphatic heterocycles. The first-order valence-corrected chi connectivity index (χ1v) is 8.26. The van der Waals surface area contributed by atoms with Crippen molar-refractivity contribution in [3.63, 3.8) is 0 Å². The molecule has 1 aromatic carbocycles. The average molecular weight is 271 g/mol. The predicted octanol–water partition coefficient (Wildman–Crippen LogP) is 2.72. The summed E-state index contributed by atoms with van der Waals surface area (Å²) in [6.45, 7) is 6.13. The van der Waals surface area contributed by atoms with Crippen LogP contribution in [0.3, 0.4) is 0 Å². The van der Waals surface area contributed by atoms with Gasteiger partial charge in [-0.1, -0.05) is 6.42 Å². The number of piperidine rings is 1. The van der Waals surface area contributed by atoms with Crippen LogP contribution in [0.2, 0.25) is 0 Å². The lowest BCUT2D eigenvalue weighted by molar-refractivity contribution is 0.133. The van der Waals surface area contributed by atoms with Crippen molar-refractivity contribution in [3.05, 3.63) is 23.8 Å². The first kappa shape index (κ1) is 12.5. The molecule has 0 radical (unpaired) electrons. The van der Waals surface area contributed by atoms with E-state index < -0.39 is 0 Å². The Labute approximate surface area is 121 Å². The minimum Gasteiger partial charge on any atom is -0.385 e. The number of benzene rings is 1. The summed E-state index contributed by atoms with van der Waals surface area (Å²) in [5.41, 5.74) is 4.31. The fourth-order valence-electron chi connectivity index (χ4n) is 4.05. The van der Waals surface area contributed by atoms with Gasteiger partial charge in [0.05, 0.1) is 0 Å². The monoisotopic (exact) mass is 271 g/mol. The minimum absolute atomic E-state index is 0.798. The van der Waals surface area contributed by atoms with Crippen molar-refractivity contribution in [2.75, 3.05) is 42.9 Å². The van der Waals surface area contributed by atoms with E-state index in [-0.39, 0.29) is 0 Å². The second-order valence-corrected chi connectivity index (χ2v) is 6.50. The molecule has 20 heavy (non-hydrogen) atoms. The summed E-state index contributed by atoms with van der Waals surface area (Å²) < 4.78 is 0. The average Bonchev–Trinajstić information content (AvgIpc) is 2.54. The Bertz CT molecular complexity index is 485. The number of fused-ring (bicyclic) bond motifs is 2. The standard InChI is InChI=1S/C17H25N3/c1-2-9-19-10-11-20(13-16(19)5-1)15-6-7-17-14(12-15)4-3-8-18-17/h6-7,12,16,18H,1-5,8-11,13H2. The summed E-state index contributed by atoms with van der Waals surface area (Å²) in [6.07, 6.45) is 6.72. The second-order valence-electron chi connectivity index (χ2n) is 6.50. The van der Waals surface area contributed by atoms with E-state index in [0.717, 1.165) is 12.6 Å². The maximum absolute atomic E-state index is 3.51. The number of aryl methyl sites for hydroxylation is 1. The van der Waals surface area contributed by atoms with Crippen LogP contribution in [0.15, 0.2) is 18.2 Å². The molecule has 3 aliphatic rings. The van der Waals surface area contributed by atoms with Gasteiger partial charge in [0.15, 0.2) is 0 Å². The molecule has 1 atom stereocenters. The number of nitrogens with zero attached hydrogens (tertiary/aromatic N) is 2. The Balaban J connectivity index is 1.52. The molecule has 0 bridgehead atoms. The van der Waals surface area contributed by atoms with Crippen LogP contribution in [0.25, 0.3) is 0 Å². The van der Waals surface area contributed by atoms with Gasteiger partial charge in [-0.15, -0.1) is 0 Å². The van der Waals surface area contributed by atoms with Gasteiger partial charge in [-0.2, -0.15) is 0 Å². The molecule has 2 saturated heterocycles. The first-order valence-electron chi connectivity index (χ1n) is 8.26. The van der Waals surface area contributed by atoms with Gasteiger partial charge >= 0.3 is 0 Å². The summed E-state index contributed by atoms with van der Waals surface area (Å²) in [4.78, 5) is 5.32. The van der Waals surface area contributed by atoms with Gasteiger partial charge in [0.25, 0.3) is 0 Å². The van der Waals surface area contributed by atoms with E-state index in [1.165, 1.54) is 75.2 Å². The van der Waals surface area contributed by atoms with Crippen molar-refractivity contribution < 1.29 is 0 Å². The highest BCUT2D eigenvalue weighted by Gasteiger charge is 2.29. The molecule has 0 amide bonds. The van der Waals surface area contributed by atoms with Gasteiger partial charge in [-0.3, -0.25) is 4.90 Å². The summed E-state index contributed by atoms with van der Waals surface area (Å²) in [6, 6.07) is 7.83. The normalized spacial score (nSPS) is 26.6. The number of hydrogen-bond acceptors (Lipinski definition) is 3. The van der Waals surface area contributed by atoms with E-state index in [1.807, 2.05) is 0 Å². The van der Waals surface area contributed by atoms with Crippen LogP contribution in [-0.2, 0) is 6.42 Å². The van der Waals surface area contributed by atoms with Gasteiger partial charge in [0.2, 0.25) is 0 Å². The summed E-state index contributed by atoms with van der Waals surface area (Å²) in [5, 5.41) is 3.51. The topological polar surface area (TPSA) is 18.5 Å². The minimum atomic E-state index is 0.798. The molecule has 2 fully saturated rings. The third-order valence-electron chi connectivity index (χ3n) is 5.23. The van der Waals surface area contributed by atoms with E-state index in [1.54, 1.807) is 0 Å². The van der Waals surface area contributed by atoms with Crippen LogP contribution in [-0.4, -0.2) is 43.7 Å². The lowest BCUT2D eigenvalue weighted by atomic mass is 9.98. The van der Waals surface area contributed by atoms with E-state index in [9.17, 15) is 0 Å². The molecule has 4 rings (SSSR count). The van der Waals surface area contributed by atoms with Crippen LogP contribution in [0, 0.1) is 0 Å². The van der Waals surface area contributed by atoms with E-state index in [0.29, 0.717) is 0 Å². The number of nitrogens with one attached hydrogen (secondary N) is 1. The molecular weight excluding hydrogens is 246 g/mol. The Morgan fingerprint density at radius 3 is 3.05 bits per heavy atom. The quantitative estimate of drug-likeness (QED) is 0.847. The molecule has 3 heteroatoms. The fourth-order valence-corrected chi connectivity index (χ4v) is 4.05. The summed E-state index contributed by atoms with van der Waals surface area (Å²) in [5.74, 6) is 0. The van der Waals surface area contributed by atoms with Crippen LogP contribution in [0.4, 0.5) is 11.4 Å². The Kier molecular flexibility index (Phi) is 3.31. The van der Waals surface area contributed by atoms with Crippen molar-refractivity contribution in [2.45, 2.75) is 38.1 Å². The van der Waals surface area contributed by atoms with E-state index >= 15 is 0 Å². The lowest BCUT2D eigenvalue weighted by Gasteiger charge is -2.45. The van der Waals surface area contributed by atoms with Crippen molar-refractivity contribution >= 4 is 11.4 Å². The highest BCUT2D eigenvalue weighted by molar-refractivity contribution is 5.62. The SMILES string of the molecule is c1cc2c(cc1N1CCN3CCCCC3C1)CCCN2. The zero-order valence-electron chi connectivity index (χ0n) is 12.3. The predicted molar refractivity (Wildman–Crippen MR) is 84.7 cm³/mol. The largest absolute Gasteiger partial charge is 0.385 e. The summed E-state index contributed by atoms with van der Waals surface area (Å²) >= 11 is 0. The molecule has 0 saturated carbocycles. The van der Waals surface area contributed by atoms with Crippen LogP contribution in [0.1, 0.15) is 31.2 Å². The van der Waals surface area contributed by atoms with Crippen LogP contribution >= 0.6 is 0 Å². The van der Waals surface area contributed by atoms with E-state index in [2.05, 4.69) is 33.3 Å². The molecular formula is C17H25N3. The van der Waals surface area contributed by atoms with Gasteiger partial charge in [-0.25, -0.2) is 0 Å². The molecule has 108 valence electrons. The third-order valence-corrected chi connectivity index (χ3v) is 5.23. The van der Waals surface area contributed by atoms with Gasteiger partial charge in [0, 0.05) is 43.6 Å². The molecule has 0 aliphatic carbocycles. The Hall–Kier alpha value is -1.22. The zero-order chi connectivity index (χ0) is 13.4. The number of hydrogen-bond donors (Lipinski definition) is 1. The molecule has 0 spiro atoms. The smallest absolute Gasteiger partial charge is 0.0374 e. The first-order chi connectivity index (χ1) is 9.90. The Morgan fingerprint density at radius 2 is 2.05 bits per heavy atom. The highest BCUT2D eigenvalue weighted by Crippen LogP contribution is 2.29. The van der Waals surface area contributed by atoms with Crippen LogP contribution < -0.4 is 10.2 Å².